The molecular formula is C12H21N3O2. The Morgan fingerprint density at radius 2 is 2.41 bits per heavy atom. The Morgan fingerprint density at radius 3 is 3.12 bits per heavy atom. The highest BCUT2D eigenvalue weighted by Crippen LogP contribution is 2.04. The van der Waals surface area contributed by atoms with Crippen molar-refractivity contribution in [3.63, 3.8) is 0 Å². The Kier molecular flexibility index (Phi) is 4.53. The van der Waals surface area contributed by atoms with Crippen molar-refractivity contribution in [1.82, 2.24) is 15.1 Å². The van der Waals surface area contributed by atoms with Crippen molar-refractivity contribution in [2.75, 3.05) is 26.4 Å². The summed E-state index contributed by atoms with van der Waals surface area (Å²) >= 11 is 0. The van der Waals surface area contributed by atoms with Crippen LogP contribution in [-0.2, 0) is 22.6 Å². The summed E-state index contributed by atoms with van der Waals surface area (Å²) in [5.41, 5.74) is 2.29. The Hall–Kier alpha value is -0.910. The van der Waals surface area contributed by atoms with Crippen LogP contribution in [0.1, 0.15) is 18.3 Å². The Labute approximate surface area is 102 Å². The van der Waals surface area contributed by atoms with Gasteiger partial charge in [0, 0.05) is 19.6 Å². The predicted molar refractivity (Wildman–Crippen MR) is 64.9 cm³/mol. The average Bonchev–Trinajstić information content (AvgIpc) is 2.71. The number of hydrogen-bond donors (Lipinski definition) is 1. The second kappa shape index (κ2) is 6.14. The van der Waals surface area contributed by atoms with E-state index in [9.17, 15) is 0 Å². The maximum atomic E-state index is 5.57. The summed E-state index contributed by atoms with van der Waals surface area (Å²) in [6.07, 6.45) is 0.183. The first-order chi connectivity index (χ1) is 8.29. The van der Waals surface area contributed by atoms with Crippen LogP contribution in [0, 0.1) is 6.92 Å². The Morgan fingerprint density at radius 1 is 1.53 bits per heavy atom. The molecule has 1 aliphatic heterocycles. The topological polar surface area (TPSA) is 48.3 Å². The van der Waals surface area contributed by atoms with Gasteiger partial charge in [-0.1, -0.05) is 0 Å². The SMILES string of the molecule is CCn1nc(C)cc1CNCC1COCCO1. The average molecular weight is 239 g/mol. The van der Waals surface area contributed by atoms with Crippen molar-refractivity contribution < 1.29 is 9.47 Å². The van der Waals surface area contributed by atoms with Gasteiger partial charge in [-0.25, -0.2) is 0 Å². The molecule has 96 valence electrons. The zero-order valence-electron chi connectivity index (χ0n) is 10.6. The molecule has 2 heterocycles. The fraction of sp³-hybridized carbons (Fsp3) is 0.750. The van der Waals surface area contributed by atoms with Gasteiger partial charge in [0.15, 0.2) is 0 Å². The van der Waals surface area contributed by atoms with Crippen LogP contribution in [0.15, 0.2) is 6.07 Å². The maximum absolute atomic E-state index is 5.57. The van der Waals surface area contributed by atoms with Gasteiger partial charge in [-0.2, -0.15) is 5.10 Å². The third-order valence-corrected chi connectivity index (χ3v) is 2.85. The second-order valence-electron chi connectivity index (χ2n) is 4.29. The molecule has 1 aromatic heterocycles. The third-order valence-electron chi connectivity index (χ3n) is 2.85. The molecule has 1 aliphatic rings. The highest BCUT2D eigenvalue weighted by molar-refractivity contribution is 5.08. The van der Waals surface area contributed by atoms with Crippen molar-refractivity contribution in [1.29, 1.82) is 0 Å². The van der Waals surface area contributed by atoms with Gasteiger partial charge in [0.1, 0.15) is 0 Å². The fourth-order valence-corrected chi connectivity index (χ4v) is 2.03. The largest absolute Gasteiger partial charge is 0.376 e. The number of rotatable bonds is 5. The molecule has 5 heteroatoms. The summed E-state index contributed by atoms with van der Waals surface area (Å²) < 4.78 is 12.9. The lowest BCUT2D eigenvalue weighted by Crippen LogP contribution is -2.37. The molecule has 1 aromatic rings. The van der Waals surface area contributed by atoms with Crippen molar-refractivity contribution in [3.05, 3.63) is 17.5 Å². The summed E-state index contributed by atoms with van der Waals surface area (Å²) in [6, 6.07) is 2.12. The molecule has 1 atom stereocenters. The molecule has 17 heavy (non-hydrogen) atoms. The minimum atomic E-state index is 0.183. The summed E-state index contributed by atoms with van der Waals surface area (Å²) in [4.78, 5) is 0. The smallest absolute Gasteiger partial charge is 0.0933 e. The van der Waals surface area contributed by atoms with Crippen LogP contribution in [0.4, 0.5) is 0 Å². The minimum absolute atomic E-state index is 0.183. The van der Waals surface area contributed by atoms with Crippen LogP contribution in [0.2, 0.25) is 0 Å². The second-order valence-corrected chi connectivity index (χ2v) is 4.29. The van der Waals surface area contributed by atoms with Gasteiger partial charge in [-0.15, -0.1) is 0 Å². The summed E-state index contributed by atoms with van der Waals surface area (Å²) in [7, 11) is 0. The maximum Gasteiger partial charge on any atom is 0.0933 e. The van der Waals surface area contributed by atoms with E-state index in [1.807, 2.05) is 11.6 Å². The molecule has 0 saturated carbocycles. The van der Waals surface area contributed by atoms with Gasteiger partial charge in [0.2, 0.25) is 0 Å². The number of nitrogens with zero attached hydrogens (tertiary/aromatic N) is 2. The minimum Gasteiger partial charge on any atom is -0.376 e. The van der Waals surface area contributed by atoms with Crippen LogP contribution in [0.5, 0.6) is 0 Å². The van der Waals surface area contributed by atoms with E-state index in [2.05, 4.69) is 23.4 Å². The summed E-state index contributed by atoms with van der Waals surface area (Å²) in [5.74, 6) is 0. The number of nitrogens with one attached hydrogen (secondary N) is 1. The predicted octanol–water partition coefficient (Wildman–Crippen LogP) is 0.716. The van der Waals surface area contributed by atoms with Crippen molar-refractivity contribution in [3.8, 4) is 0 Å². The number of hydrogen-bond acceptors (Lipinski definition) is 4. The molecule has 2 rings (SSSR count). The first-order valence-corrected chi connectivity index (χ1v) is 6.23. The number of aryl methyl sites for hydroxylation is 2. The normalized spacial score (nSPS) is 20.7. The van der Waals surface area contributed by atoms with E-state index in [0.717, 1.165) is 31.9 Å². The van der Waals surface area contributed by atoms with Crippen molar-refractivity contribution in [2.24, 2.45) is 0 Å². The molecule has 1 N–H and O–H groups in total. The van der Waals surface area contributed by atoms with Crippen LogP contribution in [0.3, 0.4) is 0 Å². The van der Waals surface area contributed by atoms with Gasteiger partial charge < -0.3 is 14.8 Å². The van der Waals surface area contributed by atoms with E-state index < -0.39 is 0 Å². The van der Waals surface area contributed by atoms with Crippen molar-refractivity contribution >= 4 is 0 Å². The Balaban J connectivity index is 1.76. The highest BCUT2D eigenvalue weighted by Gasteiger charge is 2.13. The molecule has 1 fully saturated rings. The van der Waals surface area contributed by atoms with Gasteiger partial charge in [-0.05, 0) is 19.9 Å². The molecule has 1 saturated heterocycles. The standard InChI is InChI=1S/C12H21N3O2/c1-3-15-11(6-10(2)14-15)7-13-8-12-9-16-4-5-17-12/h6,12-13H,3-5,7-9H2,1-2H3. The molecular weight excluding hydrogens is 218 g/mol. The van der Waals surface area contributed by atoms with E-state index in [1.165, 1.54) is 5.69 Å². The first-order valence-electron chi connectivity index (χ1n) is 6.23. The van der Waals surface area contributed by atoms with Crippen LogP contribution in [-0.4, -0.2) is 42.2 Å². The van der Waals surface area contributed by atoms with E-state index >= 15 is 0 Å². The molecule has 0 bridgehead atoms. The third kappa shape index (κ3) is 3.52. The van der Waals surface area contributed by atoms with Gasteiger partial charge in [0.25, 0.3) is 0 Å². The fourth-order valence-electron chi connectivity index (χ4n) is 2.03. The number of aromatic nitrogens is 2. The van der Waals surface area contributed by atoms with E-state index in [4.69, 9.17) is 9.47 Å². The monoisotopic (exact) mass is 239 g/mol. The zero-order valence-corrected chi connectivity index (χ0v) is 10.6. The molecule has 0 aliphatic carbocycles. The molecule has 0 aromatic carbocycles. The zero-order chi connectivity index (χ0) is 12.1. The molecule has 0 amide bonds. The van der Waals surface area contributed by atoms with Gasteiger partial charge in [0.05, 0.1) is 37.3 Å². The molecule has 0 radical (unpaired) electrons. The van der Waals surface area contributed by atoms with E-state index in [1.54, 1.807) is 0 Å². The molecule has 1 unspecified atom stereocenters. The molecule has 0 spiro atoms. The first kappa shape index (κ1) is 12.5. The summed E-state index contributed by atoms with van der Waals surface area (Å²) in [5, 5.41) is 7.81. The van der Waals surface area contributed by atoms with Gasteiger partial charge >= 0.3 is 0 Å². The van der Waals surface area contributed by atoms with Gasteiger partial charge in [-0.3, -0.25) is 4.68 Å². The number of ether oxygens (including phenoxy) is 2. The van der Waals surface area contributed by atoms with Crippen molar-refractivity contribution in [2.45, 2.75) is 33.0 Å². The van der Waals surface area contributed by atoms with Crippen LogP contribution in [0.25, 0.3) is 0 Å². The lowest BCUT2D eigenvalue weighted by molar-refractivity contribution is -0.0864. The lowest BCUT2D eigenvalue weighted by Gasteiger charge is -2.23. The van der Waals surface area contributed by atoms with Crippen LogP contribution < -0.4 is 5.32 Å². The van der Waals surface area contributed by atoms with E-state index in [0.29, 0.717) is 13.2 Å². The molecule has 5 nitrogen and oxygen atoms in total. The lowest BCUT2D eigenvalue weighted by atomic mass is 10.3. The highest BCUT2D eigenvalue weighted by atomic mass is 16.6. The Bertz CT molecular complexity index is 346. The van der Waals surface area contributed by atoms with Crippen LogP contribution >= 0.6 is 0 Å². The summed E-state index contributed by atoms with van der Waals surface area (Å²) in [6.45, 7) is 8.81. The quantitative estimate of drug-likeness (QED) is 0.822. The van der Waals surface area contributed by atoms with E-state index in [-0.39, 0.29) is 6.10 Å².